The van der Waals surface area contributed by atoms with Crippen molar-refractivity contribution in [2.24, 2.45) is 0 Å². The van der Waals surface area contributed by atoms with Crippen molar-refractivity contribution in [3.8, 4) is 0 Å². The topological polar surface area (TPSA) is 75.7 Å². The summed E-state index contributed by atoms with van der Waals surface area (Å²) >= 11 is 0. The molecule has 0 bridgehead atoms. The van der Waals surface area contributed by atoms with Crippen molar-refractivity contribution in [3.63, 3.8) is 0 Å². The average Bonchev–Trinajstić information content (AvgIpc) is 3.15. The number of benzene rings is 2. The molecule has 0 saturated carbocycles. The lowest BCUT2D eigenvalue weighted by atomic mass is 10.1. The maximum atomic E-state index is 13.3. The Hall–Kier alpha value is -3.22. The molecular weight excluding hydrogens is 339 g/mol. The minimum absolute atomic E-state index is 0.178. The molecule has 2 amide bonds. The predicted octanol–water partition coefficient (Wildman–Crippen LogP) is 2.62. The number of hydrogen-bond donors (Lipinski definition) is 1. The van der Waals surface area contributed by atoms with Gasteiger partial charge < -0.3 is 10.1 Å². The summed E-state index contributed by atoms with van der Waals surface area (Å²) in [6, 6.07) is 11.5. The van der Waals surface area contributed by atoms with Gasteiger partial charge in [0.2, 0.25) is 18.0 Å². The van der Waals surface area contributed by atoms with Crippen molar-refractivity contribution in [2.75, 3.05) is 5.32 Å². The Morgan fingerprint density at radius 1 is 1.15 bits per heavy atom. The Bertz CT molecular complexity index is 914. The molecule has 2 atom stereocenters. The SMILES string of the molecule is O=C1O[C@H](N2C(=O)CC[C@@H]2C(=O)Nc2cccc(F)c2)c2ccccc21. The molecule has 132 valence electrons. The number of likely N-dealkylation sites (tertiary alicyclic amines) is 1. The van der Waals surface area contributed by atoms with Gasteiger partial charge in [0.1, 0.15) is 11.9 Å². The largest absolute Gasteiger partial charge is 0.433 e. The normalized spacial score (nSPS) is 21.5. The van der Waals surface area contributed by atoms with Crippen LogP contribution in [0.5, 0.6) is 0 Å². The summed E-state index contributed by atoms with van der Waals surface area (Å²) < 4.78 is 18.7. The number of amides is 2. The molecule has 1 fully saturated rings. The van der Waals surface area contributed by atoms with Crippen LogP contribution in [0.3, 0.4) is 0 Å². The zero-order valence-corrected chi connectivity index (χ0v) is 13.6. The van der Waals surface area contributed by atoms with Crippen LogP contribution in [0.25, 0.3) is 0 Å². The lowest BCUT2D eigenvalue weighted by molar-refractivity contribution is -0.144. The van der Waals surface area contributed by atoms with Crippen LogP contribution in [0.2, 0.25) is 0 Å². The van der Waals surface area contributed by atoms with E-state index in [1.165, 1.54) is 23.1 Å². The lowest BCUT2D eigenvalue weighted by Crippen LogP contribution is -2.43. The van der Waals surface area contributed by atoms with Crippen LogP contribution in [-0.2, 0) is 14.3 Å². The summed E-state index contributed by atoms with van der Waals surface area (Å²) in [5.74, 6) is -1.70. The van der Waals surface area contributed by atoms with Crippen LogP contribution in [0.15, 0.2) is 48.5 Å². The predicted molar refractivity (Wildman–Crippen MR) is 89.5 cm³/mol. The Morgan fingerprint density at radius 2 is 1.96 bits per heavy atom. The van der Waals surface area contributed by atoms with Crippen molar-refractivity contribution in [1.29, 1.82) is 0 Å². The van der Waals surface area contributed by atoms with E-state index in [1.54, 1.807) is 30.3 Å². The highest BCUT2D eigenvalue weighted by Crippen LogP contribution is 2.38. The molecule has 1 N–H and O–H groups in total. The number of fused-ring (bicyclic) bond motifs is 1. The van der Waals surface area contributed by atoms with Crippen molar-refractivity contribution >= 4 is 23.5 Å². The van der Waals surface area contributed by atoms with Gasteiger partial charge in [0.05, 0.1) is 5.56 Å². The summed E-state index contributed by atoms with van der Waals surface area (Å²) in [7, 11) is 0. The maximum Gasteiger partial charge on any atom is 0.340 e. The van der Waals surface area contributed by atoms with Crippen LogP contribution in [0.1, 0.15) is 35.0 Å². The number of rotatable bonds is 3. The molecule has 0 aliphatic carbocycles. The van der Waals surface area contributed by atoms with Gasteiger partial charge in [-0.25, -0.2) is 9.18 Å². The highest BCUT2D eigenvalue weighted by molar-refractivity contribution is 6.00. The lowest BCUT2D eigenvalue weighted by Gasteiger charge is -2.29. The molecule has 1 saturated heterocycles. The Morgan fingerprint density at radius 3 is 2.77 bits per heavy atom. The molecular formula is C19H15FN2O4. The highest BCUT2D eigenvalue weighted by Gasteiger charge is 2.46. The molecule has 2 aromatic carbocycles. The van der Waals surface area contributed by atoms with E-state index in [9.17, 15) is 18.8 Å². The third-order valence-corrected chi connectivity index (χ3v) is 4.57. The van der Waals surface area contributed by atoms with E-state index in [0.717, 1.165) is 0 Å². The Labute approximate surface area is 148 Å². The van der Waals surface area contributed by atoms with E-state index >= 15 is 0 Å². The van der Waals surface area contributed by atoms with Gasteiger partial charge in [-0.1, -0.05) is 24.3 Å². The van der Waals surface area contributed by atoms with E-state index in [4.69, 9.17) is 4.74 Å². The fourth-order valence-corrected chi connectivity index (χ4v) is 3.38. The van der Waals surface area contributed by atoms with E-state index in [0.29, 0.717) is 23.2 Å². The summed E-state index contributed by atoms with van der Waals surface area (Å²) in [6.07, 6.45) is -0.440. The number of nitrogens with one attached hydrogen (secondary N) is 1. The van der Waals surface area contributed by atoms with E-state index in [1.807, 2.05) is 0 Å². The molecule has 2 aliphatic rings. The van der Waals surface area contributed by atoms with Gasteiger partial charge in [0, 0.05) is 17.7 Å². The molecule has 0 spiro atoms. The van der Waals surface area contributed by atoms with Crippen molar-refractivity contribution in [1.82, 2.24) is 4.90 Å². The first-order valence-corrected chi connectivity index (χ1v) is 8.22. The molecule has 6 nitrogen and oxygen atoms in total. The monoisotopic (exact) mass is 354 g/mol. The second kappa shape index (κ2) is 6.25. The number of hydrogen-bond acceptors (Lipinski definition) is 4. The average molecular weight is 354 g/mol. The van der Waals surface area contributed by atoms with Gasteiger partial charge in [0.25, 0.3) is 0 Å². The molecule has 2 aromatic rings. The number of ether oxygens (including phenoxy) is 1. The van der Waals surface area contributed by atoms with E-state index in [-0.39, 0.29) is 12.3 Å². The van der Waals surface area contributed by atoms with E-state index in [2.05, 4.69) is 5.32 Å². The van der Waals surface area contributed by atoms with Crippen LogP contribution >= 0.6 is 0 Å². The van der Waals surface area contributed by atoms with Gasteiger partial charge in [-0.15, -0.1) is 0 Å². The Kier molecular flexibility index (Phi) is 3.91. The highest BCUT2D eigenvalue weighted by atomic mass is 19.1. The molecule has 2 heterocycles. The van der Waals surface area contributed by atoms with Gasteiger partial charge in [-0.3, -0.25) is 14.5 Å². The number of anilines is 1. The Balaban J connectivity index is 1.60. The summed E-state index contributed by atoms with van der Waals surface area (Å²) in [5, 5.41) is 2.62. The minimum Gasteiger partial charge on any atom is -0.433 e. The number of nitrogens with zero attached hydrogens (tertiary/aromatic N) is 1. The number of carbonyl (C=O) groups excluding carboxylic acids is 3. The van der Waals surface area contributed by atoms with Gasteiger partial charge in [0.15, 0.2) is 0 Å². The maximum absolute atomic E-state index is 13.3. The molecule has 2 aliphatic heterocycles. The first-order chi connectivity index (χ1) is 12.5. The number of carbonyl (C=O) groups is 3. The first kappa shape index (κ1) is 16.3. The van der Waals surface area contributed by atoms with Gasteiger partial charge >= 0.3 is 5.97 Å². The smallest absolute Gasteiger partial charge is 0.340 e. The van der Waals surface area contributed by atoms with Crippen LogP contribution < -0.4 is 5.32 Å². The molecule has 0 aromatic heterocycles. The van der Waals surface area contributed by atoms with Crippen LogP contribution in [0, 0.1) is 5.82 Å². The molecule has 0 radical (unpaired) electrons. The first-order valence-electron chi connectivity index (χ1n) is 8.22. The molecule has 7 heteroatoms. The van der Waals surface area contributed by atoms with Crippen LogP contribution in [0.4, 0.5) is 10.1 Å². The summed E-state index contributed by atoms with van der Waals surface area (Å²) in [5.41, 5.74) is 1.26. The molecule has 0 unspecified atom stereocenters. The van der Waals surface area contributed by atoms with Gasteiger partial charge in [-0.2, -0.15) is 0 Å². The van der Waals surface area contributed by atoms with Gasteiger partial charge in [-0.05, 0) is 30.7 Å². The number of halogens is 1. The third kappa shape index (κ3) is 2.71. The fourth-order valence-electron chi connectivity index (χ4n) is 3.38. The molecule has 26 heavy (non-hydrogen) atoms. The number of cyclic esters (lactones) is 1. The zero-order valence-electron chi connectivity index (χ0n) is 13.6. The third-order valence-electron chi connectivity index (χ3n) is 4.57. The van der Waals surface area contributed by atoms with Crippen molar-refractivity contribution < 1.29 is 23.5 Å². The standard InChI is InChI=1S/C19H15FN2O4/c20-11-4-3-5-12(10-11)21-17(24)15-8-9-16(23)22(15)18-13-6-1-2-7-14(13)19(25)26-18/h1-7,10,15,18H,8-9H2,(H,21,24)/t15-,18+/m1/s1. The molecule has 4 rings (SSSR count). The fraction of sp³-hybridized carbons (Fsp3) is 0.211. The number of esters is 1. The second-order valence-electron chi connectivity index (χ2n) is 6.20. The zero-order chi connectivity index (χ0) is 18.3. The second-order valence-corrected chi connectivity index (χ2v) is 6.20. The minimum atomic E-state index is -0.919. The van der Waals surface area contributed by atoms with Crippen molar-refractivity contribution in [2.45, 2.75) is 25.1 Å². The van der Waals surface area contributed by atoms with Crippen LogP contribution in [-0.4, -0.2) is 28.7 Å². The summed E-state index contributed by atoms with van der Waals surface area (Å²) in [4.78, 5) is 38.4. The quantitative estimate of drug-likeness (QED) is 0.860. The van der Waals surface area contributed by atoms with E-state index < -0.39 is 30.0 Å². The van der Waals surface area contributed by atoms with Crippen molar-refractivity contribution in [3.05, 3.63) is 65.5 Å². The summed E-state index contributed by atoms with van der Waals surface area (Å²) in [6.45, 7) is 0.